The number of benzene rings is 2. The summed E-state index contributed by atoms with van der Waals surface area (Å²) in [6, 6.07) is 0.600. The molecule has 6 rings (SSSR count). The number of primary amides is 1. The molecule has 4 bridgehead atoms. The maximum absolute atomic E-state index is 15.2. The molecule has 4 aliphatic rings. The number of amides is 9. The van der Waals surface area contributed by atoms with Crippen LogP contribution in [0.1, 0.15) is 108 Å². The van der Waals surface area contributed by atoms with Crippen molar-refractivity contribution in [2.24, 2.45) is 17.6 Å². The topological polar surface area (TPSA) is 376 Å². The number of nitrogens with zero attached hydrogens (tertiary/aromatic N) is 3. The van der Waals surface area contributed by atoms with Gasteiger partial charge in [-0.2, -0.15) is 13.2 Å². The molecule has 4 aliphatic heterocycles. The molecule has 3 saturated heterocycles. The smallest absolute Gasteiger partial charge is 0.417 e. The normalized spacial score (nSPS) is 23.8. The van der Waals surface area contributed by atoms with E-state index in [9.17, 15) is 53.1 Å². The number of alkyl carbamates (subject to hydrolysis) is 1. The Morgan fingerprint density at radius 2 is 1.63 bits per heavy atom. The Labute approximate surface area is 568 Å². The average molecular weight is 1410 g/mol. The van der Waals surface area contributed by atoms with E-state index in [-0.39, 0.29) is 99.6 Å². The number of fused-ring (bicyclic) bond motifs is 5. The van der Waals surface area contributed by atoms with Crippen molar-refractivity contribution in [3.05, 3.63) is 75.8 Å². The zero-order valence-corrected chi connectivity index (χ0v) is 56.9. The highest BCUT2D eigenvalue weighted by Crippen LogP contribution is 2.49. The molecule has 10 atom stereocenters. The van der Waals surface area contributed by atoms with E-state index in [1.54, 1.807) is 51.1 Å². The second-order valence-electron chi connectivity index (χ2n) is 24.2. The number of nitrogens with one attached hydrogen (secondary N) is 6. The lowest BCUT2D eigenvalue weighted by atomic mass is 9.83. The van der Waals surface area contributed by atoms with Gasteiger partial charge in [-0.15, -0.1) is 5.06 Å². The lowest BCUT2D eigenvalue weighted by Gasteiger charge is -2.42. The van der Waals surface area contributed by atoms with Crippen LogP contribution in [0.25, 0.3) is 0 Å². The molecule has 29 nitrogen and oxygen atoms in total. The number of rotatable bonds is 26. The summed E-state index contributed by atoms with van der Waals surface area (Å²) in [5.41, 5.74) is 0.456. The van der Waals surface area contributed by atoms with Gasteiger partial charge in [-0.1, -0.05) is 56.2 Å². The first kappa shape index (κ1) is 77.8. The van der Waals surface area contributed by atoms with E-state index in [1.165, 1.54) is 40.0 Å². The van der Waals surface area contributed by atoms with Crippen LogP contribution in [0, 0.1) is 11.8 Å². The van der Waals surface area contributed by atoms with Gasteiger partial charge < -0.3 is 85.2 Å². The van der Waals surface area contributed by atoms with Gasteiger partial charge in [-0.25, -0.2) is 19.2 Å². The molecule has 4 heterocycles. The summed E-state index contributed by atoms with van der Waals surface area (Å²) in [5, 5.41) is 28.0. The lowest BCUT2D eigenvalue weighted by Crippen LogP contribution is -2.63. The summed E-state index contributed by atoms with van der Waals surface area (Å²) in [6.07, 6.45) is -6.71. The number of ether oxygens (including phenoxy) is 7. The molecule has 9 N–H and O–H groups in total. The summed E-state index contributed by atoms with van der Waals surface area (Å²) in [6.45, 7) is 9.89. The molecule has 0 aromatic heterocycles. The van der Waals surface area contributed by atoms with E-state index in [0.717, 1.165) is 24.8 Å². The van der Waals surface area contributed by atoms with Gasteiger partial charge in [0.2, 0.25) is 17.7 Å². The Bertz CT molecular complexity index is 3330. The first-order valence-corrected chi connectivity index (χ1v) is 31.9. The van der Waals surface area contributed by atoms with Gasteiger partial charge in [0.15, 0.2) is 10.8 Å². The van der Waals surface area contributed by atoms with E-state index >= 15 is 13.2 Å². The van der Waals surface area contributed by atoms with Crippen LogP contribution in [-0.2, 0) is 79.4 Å². The highest BCUT2D eigenvalue weighted by molar-refractivity contribution is 7.80. The molecule has 534 valence electrons. The fraction of sp³-hybridized carbons (Fsp3) is 0.571. The Kier molecular flexibility index (Phi) is 27.5. The van der Waals surface area contributed by atoms with Crippen molar-refractivity contribution >= 4 is 99.8 Å². The molecule has 2 aromatic rings. The summed E-state index contributed by atoms with van der Waals surface area (Å²) < 4.78 is 85.6. The number of anilines is 2. The SMILES string of the molecule is COc1cc2cc(c1Cl)N(C)C(=O)C[C@H](OC(=O)[C@H](C)N(C)C(=O)c1ccc(NC(=O)[C@H](CCCNC(N)=O)NC(=O)[C@@H](NC(=S)NCCOCCOCCC(=O)ON3C(=O)CCC3=O)C(C)C)cc1C(F)(F)F)[C@]1(C)O[C@H]1[C@H](C)[C@@H]1C[C@@](O)(NC(=O)O1)[C@H](OC)/C=C/C=C(\C)C2. The zero-order valence-electron chi connectivity index (χ0n) is 55.3. The number of epoxide rings is 1. The standard InChI is InChI=1S/C63H84ClF3N10O19S/c1-33(2)52(73-59(97)70-22-24-92-26-25-91-23-20-50(81)96-77-47(78)18-19-48(77)79)55(83)72-41(14-12-21-69-58(68)86)54(82)71-38-16-17-39(40(30-38)63(65,66)67)56(84)75(7)36(5)57(85)94-46-31-49(80)76(8)42-28-37(29-43(89-9)51(42)64)27-34(3)13-11-15-45(90-10)62(88)32-44(93-60(87)74-62)35(4)53-61(46,6)95-53/h11,13,15-17,28-30,33,35-36,41,44-46,52-53,88H,12,14,18-27,31-32H2,1-10H3,(H,71,82)(H,72,83)(H,74,87)(H3,68,69,86)(H2,70,73,97)/b15-11+,34-13+/t35-,36+,41+,44+,45-,46+,52+,53+,61+,62+/m1/s1. The molecule has 34 heteroatoms. The molecule has 0 radical (unpaired) electrons. The van der Waals surface area contributed by atoms with Gasteiger partial charge in [-0.05, 0) is 94.1 Å². The summed E-state index contributed by atoms with van der Waals surface area (Å²) in [7, 11) is 5.25. The van der Waals surface area contributed by atoms with Crippen molar-refractivity contribution in [3.63, 3.8) is 0 Å². The molecular formula is C63H84ClF3N10O19S. The van der Waals surface area contributed by atoms with Crippen LogP contribution >= 0.6 is 23.8 Å². The molecule has 2 aromatic carbocycles. The van der Waals surface area contributed by atoms with Gasteiger partial charge in [0.05, 0.1) is 69.3 Å². The van der Waals surface area contributed by atoms with Crippen molar-refractivity contribution < 1.29 is 104 Å². The number of hydroxylamine groups is 2. The Morgan fingerprint density at radius 1 is 0.948 bits per heavy atom. The highest BCUT2D eigenvalue weighted by atomic mass is 35.5. The molecule has 9 amide bonds. The number of hydrogen-bond donors (Lipinski definition) is 8. The number of methoxy groups -OCH3 is 2. The third-order valence-electron chi connectivity index (χ3n) is 16.7. The van der Waals surface area contributed by atoms with E-state index in [0.29, 0.717) is 28.0 Å². The number of carbonyl (C=O) groups is 10. The molecule has 3 fully saturated rings. The predicted molar refractivity (Wildman–Crippen MR) is 345 cm³/mol. The monoisotopic (exact) mass is 1410 g/mol. The molecule has 0 unspecified atom stereocenters. The number of aliphatic hydroxyl groups is 1. The van der Waals surface area contributed by atoms with E-state index < -0.39 is 155 Å². The number of thiocarbonyl (C=S) groups is 1. The van der Waals surface area contributed by atoms with Crippen molar-refractivity contribution in [2.75, 3.05) is 78.0 Å². The van der Waals surface area contributed by atoms with Crippen molar-refractivity contribution in [2.45, 2.75) is 153 Å². The van der Waals surface area contributed by atoms with Crippen molar-refractivity contribution in [3.8, 4) is 5.75 Å². The highest BCUT2D eigenvalue weighted by Gasteiger charge is 2.64. The van der Waals surface area contributed by atoms with Gasteiger partial charge in [0.25, 0.3) is 17.7 Å². The van der Waals surface area contributed by atoms with Crippen LogP contribution in [0.3, 0.4) is 0 Å². The number of allylic oxidation sites excluding steroid dienone is 3. The van der Waals surface area contributed by atoms with Crippen LogP contribution in [0.2, 0.25) is 5.02 Å². The number of esters is 1. The molecule has 97 heavy (non-hydrogen) atoms. The zero-order chi connectivity index (χ0) is 71.9. The van der Waals surface area contributed by atoms with Crippen LogP contribution in [-0.4, -0.2) is 201 Å². The first-order chi connectivity index (χ1) is 45.6. The minimum atomic E-state index is -5.26. The summed E-state index contributed by atoms with van der Waals surface area (Å²) >= 11 is 12.2. The second kappa shape index (κ2) is 34.3. The molecular weight excluding hydrogens is 1330 g/mol. The van der Waals surface area contributed by atoms with Gasteiger partial charge in [-0.3, -0.25) is 34.1 Å². The first-order valence-electron chi connectivity index (χ1n) is 31.1. The van der Waals surface area contributed by atoms with Crippen molar-refractivity contribution in [1.29, 1.82) is 0 Å². The minimum Gasteiger partial charge on any atom is -0.495 e. The molecule has 0 saturated carbocycles. The molecule has 0 spiro atoms. The summed E-state index contributed by atoms with van der Waals surface area (Å²) in [5.74, 6) is -7.92. The maximum Gasteiger partial charge on any atom is 0.417 e. The fourth-order valence-corrected chi connectivity index (χ4v) is 11.5. The number of alkyl halides is 3. The minimum absolute atomic E-state index is 0.0140. The number of nitrogens with two attached hydrogens (primary N) is 1. The number of carbonyl (C=O) groups excluding carboxylic acids is 10. The number of likely N-dealkylation sites (N-methyl/N-ethyl adjacent to an activating group) is 1. The van der Waals surface area contributed by atoms with Crippen LogP contribution in [0.15, 0.2) is 54.1 Å². The van der Waals surface area contributed by atoms with Gasteiger partial charge >= 0.3 is 30.2 Å². The number of urea groups is 1. The largest absolute Gasteiger partial charge is 0.495 e. The Balaban J connectivity index is 1.14. The Morgan fingerprint density at radius 3 is 2.27 bits per heavy atom. The van der Waals surface area contributed by atoms with E-state index in [2.05, 4.69) is 31.9 Å². The Hall–Kier alpha value is -8.21. The number of hydrogen-bond acceptors (Lipinski definition) is 20. The maximum atomic E-state index is 15.2. The van der Waals surface area contributed by atoms with Crippen molar-refractivity contribution in [1.82, 2.24) is 36.5 Å². The van der Waals surface area contributed by atoms with Crippen LogP contribution in [0.5, 0.6) is 5.75 Å². The van der Waals surface area contributed by atoms with Crippen LogP contribution < -0.4 is 47.3 Å². The average Bonchev–Trinajstić information content (AvgIpc) is 1.57. The molecule has 0 aliphatic carbocycles. The lowest BCUT2D eigenvalue weighted by molar-refractivity contribution is -0.198. The van der Waals surface area contributed by atoms with E-state index in [1.807, 2.05) is 6.92 Å². The number of halogens is 4. The van der Waals surface area contributed by atoms with E-state index in [4.69, 9.17) is 67.5 Å². The van der Waals surface area contributed by atoms with Crippen LogP contribution in [0.4, 0.5) is 34.1 Å². The number of imide groups is 1. The van der Waals surface area contributed by atoms with Gasteiger partial charge in [0, 0.05) is 65.2 Å². The summed E-state index contributed by atoms with van der Waals surface area (Å²) in [4.78, 5) is 138. The predicted octanol–water partition coefficient (Wildman–Crippen LogP) is 4.24. The fourth-order valence-electron chi connectivity index (χ4n) is 10.9. The third-order valence-corrected chi connectivity index (χ3v) is 17.3. The quantitative estimate of drug-likeness (QED) is 0.0215. The van der Waals surface area contributed by atoms with Gasteiger partial charge in [0.1, 0.15) is 52.8 Å². The third kappa shape index (κ3) is 20.9. The second-order valence-corrected chi connectivity index (χ2v) is 25.0.